The number of halogens is 1. The van der Waals surface area contributed by atoms with Crippen molar-refractivity contribution in [2.75, 3.05) is 24.6 Å². The molecule has 110 valence electrons. The van der Waals surface area contributed by atoms with Crippen LogP contribution in [0, 0.1) is 5.82 Å². The number of nitrogens with two attached hydrogens (primary N) is 1. The van der Waals surface area contributed by atoms with Crippen molar-refractivity contribution >= 4 is 11.6 Å². The van der Waals surface area contributed by atoms with E-state index in [2.05, 4.69) is 0 Å². The van der Waals surface area contributed by atoms with E-state index < -0.39 is 0 Å². The number of amides is 1. The summed E-state index contributed by atoms with van der Waals surface area (Å²) in [6.45, 7) is 1.80. The fourth-order valence-corrected chi connectivity index (χ4v) is 2.38. The van der Waals surface area contributed by atoms with Crippen LogP contribution in [0.25, 0.3) is 0 Å². The van der Waals surface area contributed by atoms with Gasteiger partial charge in [-0.25, -0.2) is 4.39 Å². The topological polar surface area (TPSA) is 55.6 Å². The van der Waals surface area contributed by atoms with Crippen LogP contribution in [-0.4, -0.2) is 31.7 Å². The predicted octanol–water partition coefficient (Wildman–Crippen LogP) is 2.08. The normalized spacial score (nSPS) is 18.2. The van der Waals surface area contributed by atoms with Crippen molar-refractivity contribution in [2.24, 2.45) is 5.73 Å². The Morgan fingerprint density at radius 1 is 1.40 bits per heavy atom. The summed E-state index contributed by atoms with van der Waals surface area (Å²) in [5, 5.41) is 0. The smallest absolute Gasteiger partial charge is 0.229 e. The first-order chi connectivity index (χ1) is 9.70. The van der Waals surface area contributed by atoms with E-state index in [0.29, 0.717) is 31.6 Å². The molecule has 2 rings (SSSR count). The Hall–Kier alpha value is -1.46. The van der Waals surface area contributed by atoms with Gasteiger partial charge in [0, 0.05) is 18.8 Å². The molecule has 0 radical (unpaired) electrons. The zero-order valence-corrected chi connectivity index (χ0v) is 11.6. The molecule has 1 amide bonds. The largest absolute Gasteiger partial charge is 0.378 e. The zero-order valence-electron chi connectivity index (χ0n) is 11.6. The summed E-state index contributed by atoms with van der Waals surface area (Å²) in [4.78, 5) is 14.1. The van der Waals surface area contributed by atoms with Crippen molar-refractivity contribution < 1.29 is 13.9 Å². The van der Waals surface area contributed by atoms with Gasteiger partial charge >= 0.3 is 0 Å². The lowest BCUT2D eigenvalue weighted by atomic mass is 10.1. The van der Waals surface area contributed by atoms with Gasteiger partial charge in [0.15, 0.2) is 0 Å². The Morgan fingerprint density at radius 3 is 2.75 bits per heavy atom. The van der Waals surface area contributed by atoms with Gasteiger partial charge in [0.25, 0.3) is 0 Å². The molecule has 0 spiro atoms. The summed E-state index contributed by atoms with van der Waals surface area (Å²) in [5.74, 6) is -0.295. The molecular formula is C15H21FN2O2. The minimum Gasteiger partial charge on any atom is -0.378 e. The average Bonchev–Trinajstić information content (AvgIpc) is 2.94. The first kappa shape index (κ1) is 14.9. The van der Waals surface area contributed by atoms with Crippen LogP contribution in [-0.2, 0) is 9.53 Å². The minimum absolute atomic E-state index is 0.0111. The summed E-state index contributed by atoms with van der Waals surface area (Å²) in [6.07, 6.45) is 3.05. The number of rotatable bonds is 6. The standard InChI is InChI=1S/C15H21FN2O2/c16-12-4-6-13(7-5-12)18(9-2-8-17)15(19)11-14-3-1-10-20-14/h4-7,14H,1-3,8-11,17H2. The fraction of sp³-hybridized carbons (Fsp3) is 0.533. The highest BCUT2D eigenvalue weighted by Gasteiger charge is 2.23. The third-order valence-corrected chi connectivity index (χ3v) is 3.45. The second-order valence-electron chi connectivity index (χ2n) is 5.00. The summed E-state index contributed by atoms with van der Waals surface area (Å²) in [6, 6.07) is 5.98. The van der Waals surface area contributed by atoms with Crippen LogP contribution in [0.1, 0.15) is 25.7 Å². The monoisotopic (exact) mass is 280 g/mol. The van der Waals surface area contributed by atoms with Crippen molar-refractivity contribution in [1.29, 1.82) is 0 Å². The Labute approximate surface area is 118 Å². The SMILES string of the molecule is NCCCN(C(=O)CC1CCCO1)c1ccc(F)cc1. The summed E-state index contributed by atoms with van der Waals surface area (Å²) >= 11 is 0. The maximum Gasteiger partial charge on any atom is 0.229 e. The van der Waals surface area contributed by atoms with E-state index in [9.17, 15) is 9.18 Å². The van der Waals surface area contributed by atoms with E-state index in [1.54, 1.807) is 17.0 Å². The maximum atomic E-state index is 13.0. The molecule has 0 saturated carbocycles. The molecule has 1 aliphatic heterocycles. The van der Waals surface area contributed by atoms with Crippen LogP contribution in [0.4, 0.5) is 10.1 Å². The number of anilines is 1. The summed E-state index contributed by atoms with van der Waals surface area (Å²) in [5.41, 5.74) is 6.23. The molecule has 0 aliphatic carbocycles. The molecular weight excluding hydrogens is 259 g/mol. The van der Waals surface area contributed by atoms with Crippen LogP contribution in [0.2, 0.25) is 0 Å². The lowest BCUT2D eigenvalue weighted by molar-refractivity contribution is -0.120. The molecule has 1 saturated heterocycles. The van der Waals surface area contributed by atoms with E-state index in [4.69, 9.17) is 10.5 Å². The van der Waals surface area contributed by atoms with Gasteiger partial charge in [-0.1, -0.05) is 0 Å². The van der Waals surface area contributed by atoms with Crippen molar-refractivity contribution in [3.63, 3.8) is 0 Å². The highest BCUT2D eigenvalue weighted by atomic mass is 19.1. The van der Waals surface area contributed by atoms with Gasteiger partial charge in [-0.05, 0) is 50.1 Å². The van der Waals surface area contributed by atoms with Gasteiger partial charge in [0.05, 0.1) is 12.5 Å². The molecule has 20 heavy (non-hydrogen) atoms. The number of ether oxygens (including phenoxy) is 1. The summed E-state index contributed by atoms with van der Waals surface area (Å²) < 4.78 is 18.5. The lowest BCUT2D eigenvalue weighted by Gasteiger charge is -2.24. The Kier molecular flexibility index (Phi) is 5.49. The molecule has 1 aromatic rings. The predicted molar refractivity (Wildman–Crippen MR) is 76.0 cm³/mol. The molecule has 1 unspecified atom stereocenters. The molecule has 5 heteroatoms. The third-order valence-electron chi connectivity index (χ3n) is 3.45. The molecule has 1 fully saturated rings. The number of hydrogen-bond donors (Lipinski definition) is 1. The Morgan fingerprint density at radius 2 is 2.15 bits per heavy atom. The quantitative estimate of drug-likeness (QED) is 0.868. The van der Waals surface area contributed by atoms with Crippen molar-refractivity contribution in [1.82, 2.24) is 0 Å². The van der Waals surface area contributed by atoms with E-state index in [1.807, 2.05) is 0 Å². The highest BCUT2D eigenvalue weighted by molar-refractivity contribution is 5.93. The second kappa shape index (κ2) is 7.36. The number of carbonyl (C=O) groups excluding carboxylic acids is 1. The van der Waals surface area contributed by atoms with Crippen molar-refractivity contribution in [3.8, 4) is 0 Å². The third kappa shape index (κ3) is 4.02. The average molecular weight is 280 g/mol. The van der Waals surface area contributed by atoms with E-state index in [0.717, 1.165) is 19.4 Å². The summed E-state index contributed by atoms with van der Waals surface area (Å²) in [7, 11) is 0. The van der Waals surface area contributed by atoms with Gasteiger partial charge in [-0.2, -0.15) is 0 Å². The van der Waals surface area contributed by atoms with Crippen LogP contribution < -0.4 is 10.6 Å². The van der Waals surface area contributed by atoms with E-state index in [1.165, 1.54) is 12.1 Å². The van der Waals surface area contributed by atoms with E-state index >= 15 is 0 Å². The Bertz CT molecular complexity index is 430. The first-order valence-corrected chi connectivity index (χ1v) is 7.08. The van der Waals surface area contributed by atoms with Gasteiger partial charge < -0.3 is 15.4 Å². The van der Waals surface area contributed by atoms with Gasteiger partial charge in [0.1, 0.15) is 5.82 Å². The molecule has 0 aromatic heterocycles. The Balaban J connectivity index is 2.05. The van der Waals surface area contributed by atoms with Crippen LogP contribution in [0.3, 0.4) is 0 Å². The molecule has 1 aromatic carbocycles. The van der Waals surface area contributed by atoms with Crippen LogP contribution >= 0.6 is 0 Å². The molecule has 1 heterocycles. The molecule has 1 aliphatic rings. The fourth-order valence-electron chi connectivity index (χ4n) is 2.38. The second-order valence-corrected chi connectivity index (χ2v) is 5.00. The number of carbonyl (C=O) groups is 1. The lowest BCUT2D eigenvalue weighted by Crippen LogP contribution is -2.35. The van der Waals surface area contributed by atoms with Crippen LogP contribution in [0.15, 0.2) is 24.3 Å². The zero-order chi connectivity index (χ0) is 14.4. The molecule has 4 nitrogen and oxygen atoms in total. The van der Waals surface area contributed by atoms with Crippen molar-refractivity contribution in [3.05, 3.63) is 30.1 Å². The van der Waals surface area contributed by atoms with Gasteiger partial charge in [0.2, 0.25) is 5.91 Å². The number of nitrogens with zero attached hydrogens (tertiary/aromatic N) is 1. The molecule has 2 N–H and O–H groups in total. The van der Waals surface area contributed by atoms with Crippen LogP contribution in [0.5, 0.6) is 0 Å². The highest BCUT2D eigenvalue weighted by Crippen LogP contribution is 2.20. The maximum absolute atomic E-state index is 13.0. The molecule has 0 bridgehead atoms. The van der Waals surface area contributed by atoms with Crippen molar-refractivity contribution in [2.45, 2.75) is 31.8 Å². The number of benzene rings is 1. The number of hydrogen-bond acceptors (Lipinski definition) is 3. The van der Waals surface area contributed by atoms with Gasteiger partial charge in [-0.3, -0.25) is 4.79 Å². The first-order valence-electron chi connectivity index (χ1n) is 7.08. The molecule has 1 atom stereocenters. The minimum atomic E-state index is -0.306. The van der Waals surface area contributed by atoms with Gasteiger partial charge in [-0.15, -0.1) is 0 Å². The van der Waals surface area contributed by atoms with E-state index in [-0.39, 0.29) is 17.8 Å².